The second-order valence-corrected chi connectivity index (χ2v) is 7.32. The number of hydrogen-bond donors (Lipinski definition) is 0. The molecule has 0 atom stereocenters. The lowest BCUT2D eigenvalue weighted by Crippen LogP contribution is -2.52. The molecule has 2 aliphatic heterocycles. The lowest BCUT2D eigenvalue weighted by Gasteiger charge is -2.37. The standard InChI is InChI=1S/C17H24ClN5O2/c18-14-11-15(20-17(19-14)13-1-2-13)22-3-5-23(6-4-22)16(24)12-21-7-9-25-10-8-21/h11,13H,1-10,12H2. The maximum Gasteiger partial charge on any atom is 0.236 e. The smallest absolute Gasteiger partial charge is 0.236 e. The quantitative estimate of drug-likeness (QED) is 0.741. The maximum atomic E-state index is 12.5. The van der Waals surface area contributed by atoms with Crippen LogP contribution in [-0.4, -0.2) is 84.7 Å². The molecule has 1 aliphatic carbocycles. The van der Waals surface area contributed by atoms with E-state index in [1.807, 2.05) is 11.0 Å². The van der Waals surface area contributed by atoms with Gasteiger partial charge >= 0.3 is 0 Å². The van der Waals surface area contributed by atoms with Gasteiger partial charge in [-0.3, -0.25) is 9.69 Å². The number of piperazine rings is 1. The zero-order valence-electron chi connectivity index (χ0n) is 14.4. The highest BCUT2D eigenvalue weighted by atomic mass is 35.5. The van der Waals surface area contributed by atoms with Crippen LogP contribution >= 0.6 is 11.6 Å². The Morgan fingerprint density at radius 2 is 1.84 bits per heavy atom. The number of morpholine rings is 1. The lowest BCUT2D eigenvalue weighted by atomic mass is 10.3. The molecule has 136 valence electrons. The van der Waals surface area contributed by atoms with Crippen molar-refractivity contribution < 1.29 is 9.53 Å². The van der Waals surface area contributed by atoms with Gasteiger partial charge in [-0.15, -0.1) is 0 Å². The first kappa shape index (κ1) is 17.0. The van der Waals surface area contributed by atoms with E-state index >= 15 is 0 Å². The lowest BCUT2D eigenvalue weighted by molar-refractivity contribution is -0.133. The molecule has 0 radical (unpaired) electrons. The molecule has 0 N–H and O–H groups in total. The molecular weight excluding hydrogens is 342 g/mol. The molecule has 0 bridgehead atoms. The van der Waals surface area contributed by atoms with Gasteiger partial charge in [-0.25, -0.2) is 9.97 Å². The average molecular weight is 366 g/mol. The molecule has 1 amide bonds. The van der Waals surface area contributed by atoms with E-state index in [0.717, 1.165) is 77.0 Å². The van der Waals surface area contributed by atoms with Gasteiger partial charge in [-0.2, -0.15) is 0 Å². The molecular formula is C17H24ClN5O2. The number of halogens is 1. The summed E-state index contributed by atoms with van der Waals surface area (Å²) in [5.41, 5.74) is 0. The highest BCUT2D eigenvalue weighted by Crippen LogP contribution is 2.39. The third-order valence-electron chi connectivity index (χ3n) is 5.06. The molecule has 1 saturated carbocycles. The van der Waals surface area contributed by atoms with Crippen LogP contribution in [0.5, 0.6) is 0 Å². The van der Waals surface area contributed by atoms with Gasteiger partial charge in [0.2, 0.25) is 5.91 Å². The Morgan fingerprint density at radius 1 is 1.12 bits per heavy atom. The van der Waals surface area contributed by atoms with E-state index in [0.29, 0.717) is 17.6 Å². The van der Waals surface area contributed by atoms with Crippen molar-refractivity contribution in [2.24, 2.45) is 0 Å². The summed E-state index contributed by atoms with van der Waals surface area (Å²) in [6, 6.07) is 1.83. The molecule has 1 aromatic rings. The maximum absolute atomic E-state index is 12.5. The van der Waals surface area contributed by atoms with Crippen LogP contribution in [0.2, 0.25) is 5.15 Å². The van der Waals surface area contributed by atoms with E-state index in [4.69, 9.17) is 16.3 Å². The third kappa shape index (κ3) is 4.22. The zero-order chi connectivity index (χ0) is 17.2. The zero-order valence-corrected chi connectivity index (χ0v) is 15.1. The van der Waals surface area contributed by atoms with Crippen molar-refractivity contribution >= 4 is 23.3 Å². The normalized spacial score (nSPS) is 22.3. The number of carbonyl (C=O) groups excluding carboxylic acids is 1. The van der Waals surface area contributed by atoms with Gasteiger partial charge in [0, 0.05) is 51.3 Å². The van der Waals surface area contributed by atoms with E-state index in [-0.39, 0.29) is 5.91 Å². The third-order valence-corrected chi connectivity index (χ3v) is 5.25. The molecule has 3 heterocycles. The Bertz CT molecular complexity index is 625. The highest BCUT2D eigenvalue weighted by molar-refractivity contribution is 6.29. The molecule has 8 heteroatoms. The predicted octanol–water partition coefficient (Wildman–Crippen LogP) is 0.988. The van der Waals surface area contributed by atoms with Crippen molar-refractivity contribution in [2.75, 3.05) is 63.9 Å². The molecule has 3 fully saturated rings. The number of rotatable bonds is 4. The van der Waals surface area contributed by atoms with Gasteiger partial charge < -0.3 is 14.5 Å². The van der Waals surface area contributed by atoms with Crippen molar-refractivity contribution in [1.29, 1.82) is 0 Å². The fraction of sp³-hybridized carbons (Fsp3) is 0.706. The van der Waals surface area contributed by atoms with E-state index in [9.17, 15) is 4.79 Å². The Labute approximate surface area is 152 Å². The summed E-state index contributed by atoms with van der Waals surface area (Å²) in [5, 5.41) is 0.512. The number of hydrogen-bond acceptors (Lipinski definition) is 6. The van der Waals surface area contributed by atoms with E-state index < -0.39 is 0 Å². The number of nitrogens with zero attached hydrogens (tertiary/aromatic N) is 5. The Morgan fingerprint density at radius 3 is 2.52 bits per heavy atom. The molecule has 3 aliphatic rings. The van der Waals surface area contributed by atoms with Crippen LogP contribution in [0.25, 0.3) is 0 Å². The monoisotopic (exact) mass is 365 g/mol. The first-order chi connectivity index (χ1) is 12.2. The van der Waals surface area contributed by atoms with Crippen LogP contribution in [0.3, 0.4) is 0 Å². The van der Waals surface area contributed by atoms with Gasteiger partial charge in [0.15, 0.2) is 0 Å². The summed E-state index contributed by atoms with van der Waals surface area (Å²) >= 11 is 6.17. The van der Waals surface area contributed by atoms with Crippen molar-refractivity contribution in [1.82, 2.24) is 19.8 Å². The number of aromatic nitrogens is 2. The minimum Gasteiger partial charge on any atom is -0.379 e. The Hall–Kier alpha value is -1.44. The molecule has 0 unspecified atom stereocenters. The highest BCUT2D eigenvalue weighted by Gasteiger charge is 2.29. The largest absolute Gasteiger partial charge is 0.379 e. The van der Waals surface area contributed by atoms with Gasteiger partial charge in [0.1, 0.15) is 16.8 Å². The second kappa shape index (κ2) is 7.43. The first-order valence-electron chi connectivity index (χ1n) is 9.06. The Balaban J connectivity index is 1.32. The summed E-state index contributed by atoms with van der Waals surface area (Å²) in [6.07, 6.45) is 2.31. The summed E-state index contributed by atoms with van der Waals surface area (Å²) in [7, 11) is 0. The first-order valence-corrected chi connectivity index (χ1v) is 9.44. The van der Waals surface area contributed by atoms with E-state index in [1.54, 1.807) is 0 Å². The average Bonchev–Trinajstić information content (AvgIpc) is 3.47. The van der Waals surface area contributed by atoms with Crippen LogP contribution in [0.4, 0.5) is 5.82 Å². The fourth-order valence-electron chi connectivity index (χ4n) is 3.34. The predicted molar refractivity (Wildman–Crippen MR) is 95.1 cm³/mol. The Kier molecular flexibility index (Phi) is 5.05. The fourth-order valence-corrected chi connectivity index (χ4v) is 3.53. The summed E-state index contributed by atoms with van der Waals surface area (Å²) < 4.78 is 5.33. The minimum atomic E-state index is 0.209. The van der Waals surface area contributed by atoms with Crippen LogP contribution in [0.1, 0.15) is 24.6 Å². The van der Waals surface area contributed by atoms with Crippen molar-refractivity contribution in [3.05, 3.63) is 17.0 Å². The molecule has 25 heavy (non-hydrogen) atoms. The van der Waals surface area contributed by atoms with E-state index in [1.165, 1.54) is 0 Å². The van der Waals surface area contributed by atoms with Crippen molar-refractivity contribution in [3.63, 3.8) is 0 Å². The second-order valence-electron chi connectivity index (χ2n) is 6.94. The van der Waals surface area contributed by atoms with Crippen LogP contribution in [-0.2, 0) is 9.53 Å². The molecule has 2 saturated heterocycles. The number of anilines is 1. The number of carbonyl (C=O) groups is 1. The van der Waals surface area contributed by atoms with Crippen LogP contribution in [0.15, 0.2) is 6.07 Å². The summed E-state index contributed by atoms with van der Waals surface area (Å²) in [6.45, 7) is 6.64. The van der Waals surface area contributed by atoms with Gasteiger partial charge in [0.25, 0.3) is 0 Å². The van der Waals surface area contributed by atoms with Gasteiger partial charge in [-0.05, 0) is 12.8 Å². The molecule has 7 nitrogen and oxygen atoms in total. The number of amides is 1. The molecule has 1 aromatic heterocycles. The van der Waals surface area contributed by atoms with Crippen molar-refractivity contribution in [3.8, 4) is 0 Å². The molecule has 4 rings (SSSR count). The molecule has 0 spiro atoms. The summed E-state index contributed by atoms with van der Waals surface area (Å²) in [5.74, 6) is 2.45. The van der Waals surface area contributed by atoms with Crippen LogP contribution in [0, 0.1) is 0 Å². The number of ether oxygens (including phenoxy) is 1. The minimum absolute atomic E-state index is 0.209. The van der Waals surface area contributed by atoms with Gasteiger partial charge in [0.05, 0.1) is 19.8 Å². The van der Waals surface area contributed by atoms with E-state index in [2.05, 4.69) is 19.8 Å². The SMILES string of the molecule is O=C(CN1CCOCC1)N1CCN(c2cc(Cl)nc(C3CC3)n2)CC1. The summed E-state index contributed by atoms with van der Waals surface area (Å²) in [4.78, 5) is 27.9. The van der Waals surface area contributed by atoms with Gasteiger partial charge in [-0.1, -0.05) is 11.6 Å². The topological polar surface area (TPSA) is 61.8 Å². The molecule has 0 aromatic carbocycles. The van der Waals surface area contributed by atoms with Crippen molar-refractivity contribution in [2.45, 2.75) is 18.8 Å². The van der Waals surface area contributed by atoms with Crippen LogP contribution < -0.4 is 4.90 Å².